The highest BCUT2D eigenvalue weighted by atomic mass is 32.2. The zero-order valence-corrected chi connectivity index (χ0v) is 20.3. The molecular weight excluding hydrogens is 468 g/mol. The Kier molecular flexibility index (Phi) is 7.94. The molecule has 2 atom stereocenters. The minimum absolute atomic E-state index is 0.113. The van der Waals surface area contributed by atoms with Crippen LogP contribution in [-0.2, 0) is 22.7 Å². The Balaban J connectivity index is 1.63. The molecule has 4 rings (SSSR count). The molecule has 2 aromatic rings. The fourth-order valence-corrected chi connectivity index (χ4v) is 4.97. The maximum absolute atomic E-state index is 13.4. The van der Waals surface area contributed by atoms with Crippen LogP contribution in [0.4, 0.5) is 4.79 Å². The van der Waals surface area contributed by atoms with E-state index in [2.05, 4.69) is 5.32 Å². The summed E-state index contributed by atoms with van der Waals surface area (Å²) in [4.78, 5) is 43.3. The van der Waals surface area contributed by atoms with Gasteiger partial charge in [-0.2, -0.15) is 22.0 Å². The number of nitriles is 1. The number of urea groups is 1. The molecule has 0 saturated carbocycles. The zero-order chi connectivity index (χ0) is 24.8. The van der Waals surface area contributed by atoms with Gasteiger partial charge < -0.3 is 19.5 Å². The summed E-state index contributed by atoms with van der Waals surface area (Å²) in [6.45, 7) is 0.363. The normalized spacial score (nSPS) is 20.5. The van der Waals surface area contributed by atoms with Gasteiger partial charge in [0.05, 0.1) is 32.0 Å². The second-order valence-corrected chi connectivity index (χ2v) is 9.33. The molecule has 184 valence electrons. The van der Waals surface area contributed by atoms with Gasteiger partial charge in [-0.1, -0.05) is 30.3 Å². The Hall–Kier alpha value is -3.49. The van der Waals surface area contributed by atoms with Gasteiger partial charge in [-0.05, 0) is 36.1 Å². The monoisotopic (exact) mass is 496 g/mol. The summed E-state index contributed by atoms with van der Waals surface area (Å²) in [6.07, 6.45) is 3.22. The van der Waals surface area contributed by atoms with E-state index in [0.29, 0.717) is 24.5 Å². The van der Waals surface area contributed by atoms with Gasteiger partial charge in [-0.15, -0.1) is 0 Å². The molecule has 2 saturated heterocycles. The minimum Gasteiger partial charge on any atom is -0.467 e. The number of nitrogens with one attached hydrogen (secondary N) is 1. The van der Waals surface area contributed by atoms with E-state index in [4.69, 9.17) is 4.42 Å². The quantitative estimate of drug-likeness (QED) is 0.555. The van der Waals surface area contributed by atoms with Gasteiger partial charge in [0.1, 0.15) is 24.5 Å². The highest BCUT2D eigenvalue weighted by Gasteiger charge is 2.51. The first kappa shape index (κ1) is 24.6. The van der Waals surface area contributed by atoms with Gasteiger partial charge in [0.25, 0.3) is 0 Å². The predicted octanol–water partition coefficient (Wildman–Crippen LogP) is 1.86. The average Bonchev–Trinajstić information content (AvgIpc) is 3.37. The third kappa shape index (κ3) is 5.44. The van der Waals surface area contributed by atoms with Crippen molar-refractivity contribution in [2.45, 2.75) is 31.7 Å². The smallest absolute Gasteiger partial charge is 0.334 e. The summed E-state index contributed by atoms with van der Waals surface area (Å²) < 4.78 is 5.45. The summed E-state index contributed by atoms with van der Waals surface area (Å²) in [6, 6.07) is 14.0. The minimum atomic E-state index is -0.736. The van der Waals surface area contributed by atoms with Crippen LogP contribution in [0.5, 0.6) is 0 Å². The Morgan fingerprint density at radius 3 is 2.71 bits per heavy atom. The number of amides is 4. The molecule has 0 spiro atoms. The topological polar surface area (TPSA) is 113 Å². The van der Waals surface area contributed by atoms with Crippen LogP contribution in [0, 0.1) is 11.3 Å². The van der Waals surface area contributed by atoms with Crippen molar-refractivity contribution in [2.24, 2.45) is 0 Å². The van der Waals surface area contributed by atoms with Gasteiger partial charge in [0.2, 0.25) is 11.8 Å². The van der Waals surface area contributed by atoms with E-state index in [1.54, 1.807) is 35.1 Å². The molecule has 0 bridgehead atoms. The summed E-state index contributed by atoms with van der Waals surface area (Å²) >= 11 is 1.59. The van der Waals surface area contributed by atoms with E-state index >= 15 is 0 Å². The number of fused-ring (bicyclic) bond motifs is 1. The van der Waals surface area contributed by atoms with E-state index in [1.807, 2.05) is 42.7 Å². The van der Waals surface area contributed by atoms with Crippen molar-refractivity contribution in [1.82, 2.24) is 25.1 Å². The lowest BCUT2D eigenvalue weighted by Crippen LogP contribution is -2.76. The molecule has 2 aliphatic heterocycles. The first-order valence-corrected chi connectivity index (χ1v) is 12.8. The number of carbonyl (C=O) groups excluding carboxylic acids is 3. The molecule has 3 heterocycles. The Bertz CT molecular complexity index is 1070. The van der Waals surface area contributed by atoms with Crippen molar-refractivity contribution < 1.29 is 18.8 Å². The molecule has 0 aliphatic carbocycles. The maximum atomic E-state index is 13.4. The number of thioether (sulfide) groups is 1. The number of benzene rings is 1. The molecule has 2 fully saturated rings. The van der Waals surface area contributed by atoms with Crippen LogP contribution in [0.2, 0.25) is 0 Å². The lowest BCUT2D eigenvalue weighted by Gasteiger charge is -2.54. The molecule has 1 unspecified atom stereocenters. The molecule has 11 heteroatoms. The van der Waals surface area contributed by atoms with Gasteiger partial charge in [0.15, 0.2) is 0 Å². The van der Waals surface area contributed by atoms with Gasteiger partial charge in [-0.3, -0.25) is 9.59 Å². The lowest BCUT2D eigenvalue weighted by atomic mass is 10.0. The molecule has 35 heavy (non-hydrogen) atoms. The van der Waals surface area contributed by atoms with Crippen LogP contribution in [0.25, 0.3) is 0 Å². The number of rotatable bonds is 8. The van der Waals surface area contributed by atoms with Crippen LogP contribution in [0.15, 0.2) is 53.1 Å². The van der Waals surface area contributed by atoms with Gasteiger partial charge in [-0.25, -0.2) is 9.80 Å². The fourth-order valence-electron chi connectivity index (χ4n) is 4.51. The summed E-state index contributed by atoms with van der Waals surface area (Å²) in [5.74, 6) is 0.864. The molecule has 4 amide bonds. The van der Waals surface area contributed by atoms with Crippen molar-refractivity contribution in [2.75, 3.05) is 31.6 Å². The lowest BCUT2D eigenvalue weighted by molar-refractivity contribution is -0.189. The standard InChI is InChI=1S/C24H28N6O4S/c1-35-13-9-20-23(32)27(15-19-8-5-12-34-19)16-21-29(20)22(31)17-28(11-10-25)30(21)24(33)26-14-18-6-3-2-4-7-18/h2-8,12,20-21H,9,11,13-17H2,1H3,(H,26,33)/t20-,21?/m0/s1. The molecule has 1 N–H and O–H groups in total. The number of hydrogen-bond donors (Lipinski definition) is 1. The number of furan rings is 1. The number of hydrogen-bond acceptors (Lipinski definition) is 7. The van der Waals surface area contributed by atoms with Crippen molar-refractivity contribution in [3.63, 3.8) is 0 Å². The van der Waals surface area contributed by atoms with Crippen LogP contribution in [0.1, 0.15) is 17.7 Å². The highest BCUT2D eigenvalue weighted by molar-refractivity contribution is 7.98. The number of piperazine rings is 1. The number of carbonyl (C=O) groups is 3. The van der Waals surface area contributed by atoms with Gasteiger partial charge >= 0.3 is 6.03 Å². The van der Waals surface area contributed by atoms with E-state index in [1.165, 1.54) is 14.9 Å². The number of nitrogens with zero attached hydrogens (tertiary/aromatic N) is 5. The largest absolute Gasteiger partial charge is 0.467 e. The number of hydrazine groups is 1. The molecule has 0 radical (unpaired) electrons. The van der Waals surface area contributed by atoms with Crippen LogP contribution in [-0.4, -0.2) is 81.5 Å². The SMILES string of the molecule is CSCC[C@H]1C(=O)N(Cc2ccco2)CC2N1C(=O)CN(CC#N)N2C(=O)NCc1ccccc1. The van der Waals surface area contributed by atoms with Crippen molar-refractivity contribution in [3.8, 4) is 6.07 Å². The third-order valence-electron chi connectivity index (χ3n) is 6.10. The van der Waals surface area contributed by atoms with Crippen LogP contribution >= 0.6 is 11.8 Å². The second-order valence-electron chi connectivity index (χ2n) is 8.35. The molecule has 1 aromatic carbocycles. The van der Waals surface area contributed by atoms with E-state index in [9.17, 15) is 19.6 Å². The van der Waals surface area contributed by atoms with Crippen molar-refractivity contribution >= 4 is 29.6 Å². The molecule has 1 aromatic heterocycles. The van der Waals surface area contributed by atoms with E-state index in [-0.39, 0.29) is 38.0 Å². The third-order valence-corrected chi connectivity index (χ3v) is 6.74. The van der Waals surface area contributed by atoms with Crippen molar-refractivity contribution in [3.05, 3.63) is 60.1 Å². The molecular formula is C24H28N6O4S. The Labute approximate surface area is 208 Å². The van der Waals surface area contributed by atoms with Gasteiger partial charge in [0, 0.05) is 6.54 Å². The second kappa shape index (κ2) is 11.3. The Morgan fingerprint density at radius 2 is 2.03 bits per heavy atom. The van der Waals surface area contributed by atoms with E-state index in [0.717, 1.165) is 5.56 Å². The molecule has 10 nitrogen and oxygen atoms in total. The fraction of sp³-hybridized carbons (Fsp3) is 0.417. The van der Waals surface area contributed by atoms with Crippen LogP contribution in [0.3, 0.4) is 0 Å². The average molecular weight is 497 g/mol. The highest BCUT2D eigenvalue weighted by Crippen LogP contribution is 2.29. The summed E-state index contributed by atoms with van der Waals surface area (Å²) in [7, 11) is 0. The summed E-state index contributed by atoms with van der Waals surface area (Å²) in [5, 5.41) is 15.2. The Morgan fingerprint density at radius 1 is 1.23 bits per heavy atom. The molecule has 2 aliphatic rings. The first-order chi connectivity index (χ1) is 17.0. The first-order valence-electron chi connectivity index (χ1n) is 11.4. The predicted molar refractivity (Wildman–Crippen MR) is 129 cm³/mol. The summed E-state index contributed by atoms with van der Waals surface area (Å²) in [5.41, 5.74) is 0.925. The van der Waals surface area contributed by atoms with E-state index < -0.39 is 18.2 Å². The zero-order valence-electron chi connectivity index (χ0n) is 19.5. The van der Waals surface area contributed by atoms with Crippen molar-refractivity contribution in [1.29, 1.82) is 5.26 Å². The van der Waals surface area contributed by atoms with Crippen LogP contribution < -0.4 is 5.32 Å². The maximum Gasteiger partial charge on any atom is 0.334 e.